The van der Waals surface area contributed by atoms with Crippen molar-refractivity contribution in [3.8, 4) is 0 Å². The predicted molar refractivity (Wildman–Crippen MR) is 80.4 cm³/mol. The Morgan fingerprint density at radius 3 is 2.78 bits per heavy atom. The van der Waals surface area contributed by atoms with E-state index in [2.05, 4.69) is 31.9 Å². The van der Waals surface area contributed by atoms with E-state index in [0.29, 0.717) is 13.2 Å². The van der Waals surface area contributed by atoms with E-state index in [1.165, 1.54) is 0 Å². The number of methoxy groups -OCH3 is 1. The molecule has 100 valence electrons. The topological polar surface area (TPSA) is 29.5 Å². The molecule has 1 aromatic carbocycles. The van der Waals surface area contributed by atoms with Crippen molar-refractivity contribution in [2.45, 2.75) is 11.8 Å². The second-order valence-electron chi connectivity index (χ2n) is 4.20. The summed E-state index contributed by atoms with van der Waals surface area (Å²) < 4.78 is 5.95. The minimum absolute atomic E-state index is 0.0225. The Bertz CT molecular complexity index is 423. The summed E-state index contributed by atoms with van der Waals surface area (Å²) in [6.45, 7) is 3.13. The van der Waals surface area contributed by atoms with E-state index in [-0.39, 0.29) is 10.7 Å². The number of nitrogens with zero attached hydrogens (tertiary/aromatic N) is 1. The van der Waals surface area contributed by atoms with Crippen LogP contribution in [0.3, 0.4) is 0 Å². The lowest BCUT2D eigenvalue weighted by Gasteiger charge is -2.21. The third kappa shape index (κ3) is 4.37. The van der Waals surface area contributed by atoms with Gasteiger partial charge >= 0.3 is 0 Å². The van der Waals surface area contributed by atoms with Crippen LogP contribution in [0.1, 0.15) is 15.9 Å². The van der Waals surface area contributed by atoms with Gasteiger partial charge < -0.3 is 9.64 Å². The van der Waals surface area contributed by atoms with Crippen LogP contribution in [0, 0.1) is 6.92 Å². The van der Waals surface area contributed by atoms with Gasteiger partial charge in [-0.1, -0.05) is 37.9 Å². The SMILES string of the molecule is COCC(Br)CN(C)C(=O)c1cc(Br)ccc1C. The molecule has 0 saturated heterocycles. The second kappa shape index (κ2) is 7.26. The van der Waals surface area contributed by atoms with Crippen LogP contribution in [-0.4, -0.2) is 42.9 Å². The number of ether oxygens (including phenoxy) is 1. The van der Waals surface area contributed by atoms with E-state index < -0.39 is 0 Å². The van der Waals surface area contributed by atoms with Crippen LogP contribution < -0.4 is 0 Å². The minimum atomic E-state index is 0.0225. The summed E-state index contributed by atoms with van der Waals surface area (Å²) in [6.07, 6.45) is 0. The van der Waals surface area contributed by atoms with Crippen molar-refractivity contribution in [3.63, 3.8) is 0 Å². The van der Waals surface area contributed by atoms with Crippen LogP contribution in [-0.2, 0) is 4.74 Å². The number of benzene rings is 1. The molecule has 3 nitrogen and oxygen atoms in total. The second-order valence-corrected chi connectivity index (χ2v) is 6.41. The van der Waals surface area contributed by atoms with Gasteiger partial charge in [-0.15, -0.1) is 0 Å². The molecular weight excluding hydrogens is 362 g/mol. The molecule has 0 N–H and O–H groups in total. The molecule has 1 atom stereocenters. The molecule has 5 heteroatoms. The van der Waals surface area contributed by atoms with Gasteiger partial charge in [0.1, 0.15) is 0 Å². The van der Waals surface area contributed by atoms with Crippen LogP contribution in [0.5, 0.6) is 0 Å². The van der Waals surface area contributed by atoms with E-state index in [1.807, 2.05) is 25.1 Å². The first-order chi connectivity index (χ1) is 8.45. The lowest BCUT2D eigenvalue weighted by Crippen LogP contribution is -2.34. The summed E-state index contributed by atoms with van der Waals surface area (Å²) in [5.74, 6) is 0.0225. The summed E-state index contributed by atoms with van der Waals surface area (Å²) >= 11 is 6.87. The minimum Gasteiger partial charge on any atom is -0.383 e. The molecule has 0 aromatic heterocycles. The number of hydrogen-bond donors (Lipinski definition) is 0. The lowest BCUT2D eigenvalue weighted by atomic mass is 10.1. The number of carbonyl (C=O) groups is 1. The van der Waals surface area contributed by atoms with Crippen LogP contribution >= 0.6 is 31.9 Å². The van der Waals surface area contributed by atoms with Gasteiger partial charge in [0.2, 0.25) is 0 Å². The average Bonchev–Trinajstić information content (AvgIpc) is 2.31. The number of alkyl halides is 1. The number of hydrogen-bond acceptors (Lipinski definition) is 2. The lowest BCUT2D eigenvalue weighted by molar-refractivity contribution is 0.0783. The Labute approximate surface area is 125 Å². The highest BCUT2D eigenvalue weighted by atomic mass is 79.9. The maximum atomic E-state index is 12.3. The number of aryl methyl sites for hydroxylation is 1. The molecule has 0 bridgehead atoms. The number of halogens is 2. The highest BCUT2D eigenvalue weighted by Gasteiger charge is 2.17. The van der Waals surface area contributed by atoms with Crippen molar-refractivity contribution in [3.05, 3.63) is 33.8 Å². The van der Waals surface area contributed by atoms with E-state index in [4.69, 9.17) is 4.74 Å². The van der Waals surface area contributed by atoms with Crippen molar-refractivity contribution >= 4 is 37.8 Å². The van der Waals surface area contributed by atoms with Gasteiger partial charge in [0.25, 0.3) is 5.91 Å². The Balaban J connectivity index is 2.77. The van der Waals surface area contributed by atoms with Crippen LogP contribution in [0.4, 0.5) is 0 Å². The van der Waals surface area contributed by atoms with Crippen molar-refractivity contribution in [1.29, 1.82) is 0 Å². The van der Waals surface area contributed by atoms with Crippen molar-refractivity contribution in [2.24, 2.45) is 0 Å². The Hall–Kier alpha value is -0.390. The first-order valence-corrected chi connectivity index (χ1v) is 7.31. The van der Waals surface area contributed by atoms with Crippen molar-refractivity contribution in [1.82, 2.24) is 4.90 Å². The maximum absolute atomic E-state index is 12.3. The molecule has 0 spiro atoms. The molecule has 1 aromatic rings. The highest BCUT2D eigenvalue weighted by Crippen LogP contribution is 2.18. The smallest absolute Gasteiger partial charge is 0.253 e. The fourth-order valence-corrected chi connectivity index (χ4v) is 2.70. The Kier molecular flexibility index (Phi) is 6.32. The predicted octanol–water partition coefficient (Wildman–Crippen LogP) is 3.24. The molecule has 0 aliphatic rings. The van der Waals surface area contributed by atoms with Crippen molar-refractivity contribution < 1.29 is 9.53 Å². The van der Waals surface area contributed by atoms with Gasteiger partial charge in [-0.25, -0.2) is 0 Å². The Morgan fingerprint density at radius 2 is 2.17 bits per heavy atom. The van der Waals surface area contributed by atoms with Crippen LogP contribution in [0.15, 0.2) is 22.7 Å². The van der Waals surface area contributed by atoms with Crippen molar-refractivity contribution in [2.75, 3.05) is 27.3 Å². The zero-order chi connectivity index (χ0) is 13.7. The van der Waals surface area contributed by atoms with E-state index >= 15 is 0 Å². The summed E-state index contributed by atoms with van der Waals surface area (Å²) in [5, 5.41) is 0. The molecule has 0 heterocycles. The molecular formula is C13H17Br2NO2. The molecule has 0 radical (unpaired) electrons. The van der Waals surface area contributed by atoms with Gasteiger partial charge in [-0.3, -0.25) is 4.79 Å². The molecule has 0 saturated carbocycles. The summed E-state index contributed by atoms with van der Waals surface area (Å²) in [4.78, 5) is 14.1. The van der Waals surface area contributed by atoms with Gasteiger partial charge in [-0.05, 0) is 24.6 Å². The summed E-state index contributed by atoms with van der Waals surface area (Å²) in [6, 6.07) is 5.73. The zero-order valence-corrected chi connectivity index (χ0v) is 13.9. The number of carbonyl (C=O) groups excluding carboxylic acids is 1. The standard InChI is InChI=1S/C13H17Br2NO2/c1-9-4-5-10(14)6-12(9)13(17)16(2)7-11(15)8-18-3/h4-6,11H,7-8H2,1-3H3. The summed E-state index contributed by atoms with van der Waals surface area (Å²) in [7, 11) is 3.45. The maximum Gasteiger partial charge on any atom is 0.253 e. The zero-order valence-electron chi connectivity index (χ0n) is 10.7. The van der Waals surface area contributed by atoms with Gasteiger partial charge in [0, 0.05) is 30.7 Å². The summed E-state index contributed by atoms with van der Waals surface area (Å²) in [5.41, 5.74) is 1.71. The fourth-order valence-electron chi connectivity index (χ4n) is 1.64. The average molecular weight is 379 g/mol. The van der Waals surface area contributed by atoms with Gasteiger partial charge in [0.15, 0.2) is 0 Å². The third-order valence-electron chi connectivity index (χ3n) is 2.60. The largest absolute Gasteiger partial charge is 0.383 e. The van der Waals surface area contributed by atoms with Gasteiger partial charge in [0.05, 0.1) is 11.4 Å². The quantitative estimate of drug-likeness (QED) is 0.736. The molecule has 0 fully saturated rings. The number of amides is 1. The molecule has 0 aliphatic carbocycles. The molecule has 1 unspecified atom stereocenters. The molecule has 1 amide bonds. The van der Waals surface area contributed by atoms with Crippen LogP contribution in [0.2, 0.25) is 0 Å². The van der Waals surface area contributed by atoms with Gasteiger partial charge in [-0.2, -0.15) is 0 Å². The highest BCUT2D eigenvalue weighted by molar-refractivity contribution is 9.10. The molecule has 18 heavy (non-hydrogen) atoms. The molecule has 0 aliphatic heterocycles. The van der Waals surface area contributed by atoms with E-state index in [9.17, 15) is 4.79 Å². The monoisotopic (exact) mass is 377 g/mol. The normalized spacial score (nSPS) is 12.3. The first-order valence-electron chi connectivity index (χ1n) is 5.60. The fraction of sp³-hybridized carbons (Fsp3) is 0.462. The third-order valence-corrected chi connectivity index (χ3v) is 3.64. The van der Waals surface area contributed by atoms with E-state index in [1.54, 1.807) is 19.1 Å². The number of rotatable bonds is 5. The Morgan fingerprint density at radius 1 is 1.50 bits per heavy atom. The van der Waals surface area contributed by atoms with E-state index in [0.717, 1.165) is 15.6 Å². The first kappa shape index (κ1) is 15.7. The molecule has 1 rings (SSSR count). The van der Waals surface area contributed by atoms with Crippen LogP contribution in [0.25, 0.3) is 0 Å².